The van der Waals surface area contributed by atoms with Crippen LogP contribution in [0.5, 0.6) is 0 Å². The second-order valence-electron chi connectivity index (χ2n) is 8.14. The average Bonchev–Trinajstić information content (AvgIpc) is 3.29. The number of benzene rings is 1. The van der Waals surface area contributed by atoms with E-state index in [0.29, 0.717) is 22.4 Å². The third kappa shape index (κ3) is 5.68. The lowest BCUT2D eigenvalue weighted by atomic mass is 10.0. The van der Waals surface area contributed by atoms with Crippen LogP contribution in [0.1, 0.15) is 47.4 Å². The minimum absolute atomic E-state index is 0.208. The van der Waals surface area contributed by atoms with Gasteiger partial charge in [0.2, 0.25) is 5.95 Å². The van der Waals surface area contributed by atoms with E-state index in [9.17, 15) is 9.90 Å². The van der Waals surface area contributed by atoms with Crippen molar-refractivity contribution in [1.29, 1.82) is 0 Å². The molecule has 10 heteroatoms. The van der Waals surface area contributed by atoms with Gasteiger partial charge in [0.05, 0.1) is 12.1 Å². The van der Waals surface area contributed by atoms with Gasteiger partial charge in [0.25, 0.3) is 5.91 Å². The number of carbonyl (C=O) groups excluding carboxylic acids is 1. The first-order valence-electron chi connectivity index (χ1n) is 10.9. The highest BCUT2D eigenvalue weighted by Crippen LogP contribution is 2.22. The molecule has 0 saturated carbocycles. The summed E-state index contributed by atoms with van der Waals surface area (Å²) in [6, 6.07) is 6.68. The highest BCUT2D eigenvalue weighted by atomic mass is 35.5. The fourth-order valence-corrected chi connectivity index (χ4v) is 3.94. The molecular weight excluding hydrogens is 444 g/mol. The Bertz CT molecular complexity index is 1110. The molecule has 0 aliphatic carbocycles. The van der Waals surface area contributed by atoms with Gasteiger partial charge < -0.3 is 20.5 Å². The van der Waals surface area contributed by atoms with E-state index in [2.05, 4.69) is 25.6 Å². The molecule has 3 N–H and O–H groups in total. The second-order valence-corrected chi connectivity index (χ2v) is 8.58. The zero-order chi connectivity index (χ0) is 23.4. The van der Waals surface area contributed by atoms with Crippen molar-refractivity contribution in [1.82, 2.24) is 24.8 Å². The summed E-state index contributed by atoms with van der Waals surface area (Å²) < 4.78 is 7.09. The van der Waals surface area contributed by atoms with Crippen LogP contribution in [-0.4, -0.2) is 55.9 Å². The average molecular weight is 471 g/mol. The second kappa shape index (κ2) is 10.3. The van der Waals surface area contributed by atoms with E-state index in [0.717, 1.165) is 31.6 Å². The van der Waals surface area contributed by atoms with Gasteiger partial charge in [0.1, 0.15) is 17.8 Å². The molecule has 3 aromatic rings. The van der Waals surface area contributed by atoms with Crippen molar-refractivity contribution in [2.24, 2.45) is 0 Å². The Morgan fingerprint density at radius 3 is 2.82 bits per heavy atom. The number of imidazole rings is 1. The van der Waals surface area contributed by atoms with Crippen LogP contribution in [0, 0.1) is 6.92 Å². The van der Waals surface area contributed by atoms with E-state index in [1.54, 1.807) is 54.5 Å². The quantitative estimate of drug-likeness (QED) is 0.486. The molecule has 33 heavy (non-hydrogen) atoms. The van der Waals surface area contributed by atoms with Gasteiger partial charge in [0, 0.05) is 42.2 Å². The summed E-state index contributed by atoms with van der Waals surface area (Å²) in [6.07, 6.45) is 5.88. The first kappa shape index (κ1) is 23.2. The van der Waals surface area contributed by atoms with Crippen LogP contribution >= 0.6 is 11.6 Å². The number of halogens is 1. The van der Waals surface area contributed by atoms with Crippen molar-refractivity contribution in [3.8, 4) is 5.82 Å². The Morgan fingerprint density at radius 2 is 2.09 bits per heavy atom. The Morgan fingerprint density at radius 1 is 1.30 bits per heavy atom. The highest BCUT2D eigenvalue weighted by molar-refractivity contribution is 6.30. The Kier molecular flexibility index (Phi) is 7.22. The van der Waals surface area contributed by atoms with Gasteiger partial charge in [0.15, 0.2) is 0 Å². The molecule has 0 radical (unpaired) electrons. The number of rotatable bonds is 7. The molecular formula is C23H27ClN6O3. The molecule has 2 unspecified atom stereocenters. The summed E-state index contributed by atoms with van der Waals surface area (Å²) in [4.78, 5) is 26.2. The highest BCUT2D eigenvalue weighted by Gasteiger charge is 2.22. The van der Waals surface area contributed by atoms with Crippen molar-refractivity contribution in [3.05, 3.63) is 64.8 Å². The van der Waals surface area contributed by atoms with E-state index in [4.69, 9.17) is 16.3 Å². The van der Waals surface area contributed by atoms with E-state index in [-0.39, 0.29) is 11.7 Å². The zero-order valence-corrected chi connectivity index (χ0v) is 19.3. The molecule has 1 amide bonds. The third-order valence-corrected chi connectivity index (χ3v) is 5.77. The molecule has 1 aliphatic heterocycles. The van der Waals surface area contributed by atoms with Crippen LogP contribution in [0.3, 0.4) is 0 Å². The Labute approximate surface area is 197 Å². The van der Waals surface area contributed by atoms with Crippen molar-refractivity contribution in [2.75, 3.05) is 18.5 Å². The molecule has 2 atom stereocenters. The lowest BCUT2D eigenvalue weighted by molar-refractivity contribution is 0.0853. The van der Waals surface area contributed by atoms with Crippen molar-refractivity contribution < 1.29 is 14.6 Å². The van der Waals surface area contributed by atoms with Gasteiger partial charge >= 0.3 is 0 Å². The number of anilines is 1. The predicted molar refractivity (Wildman–Crippen MR) is 125 cm³/mol. The molecule has 0 spiro atoms. The maximum absolute atomic E-state index is 12.9. The van der Waals surface area contributed by atoms with Gasteiger partial charge in [-0.05, 0) is 44.4 Å². The molecule has 3 heterocycles. The van der Waals surface area contributed by atoms with Crippen molar-refractivity contribution >= 4 is 23.5 Å². The van der Waals surface area contributed by atoms with Crippen LogP contribution in [0.4, 0.5) is 5.95 Å². The first-order valence-corrected chi connectivity index (χ1v) is 11.2. The van der Waals surface area contributed by atoms with Crippen LogP contribution in [0.25, 0.3) is 5.82 Å². The fourth-order valence-electron chi connectivity index (χ4n) is 3.74. The number of hydrogen-bond donors (Lipinski definition) is 3. The van der Waals surface area contributed by atoms with Crippen LogP contribution in [0.15, 0.2) is 43.0 Å². The SMILES string of the molecule is Cc1cnc(NC2CCOCC2)nc1-n1cnc(C(=O)NC(c2cccc(Cl)c2)C(C)O)c1. The fraction of sp³-hybridized carbons (Fsp3) is 0.391. The lowest BCUT2D eigenvalue weighted by Crippen LogP contribution is -2.35. The van der Waals surface area contributed by atoms with Crippen molar-refractivity contribution in [3.63, 3.8) is 0 Å². The molecule has 9 nitrogen and oxygen atoms in total. The molecule has 1 saturated heterocycles. The van der Waals surface area contributed by atoms with Gasteiger partial charge in [-0.1, -0.05) is 23.7 Å². The summed E-state index contributed by atoms with van der Waals surface area (Å²) in [5.41, 5.74) is 1.76. The number of aromatic nitrogens is 4. The molecule has 4 rings (SSSR count). The number of ether oxygens (including phenoxy) is 1. The number of aliphatic hydroxyl groups excluding tert-OH is 1. The lowest BCUT2D eigenvalue weighted by Gasteiger charge is -2.23. The molecule has 1 fully saturated rings. The number of aryl methyl sites for hydroxylation is 1. The largest absolute Gasteiger partial charge is 0.391 e. The number of nitrogens with one attached hydrogen (secondary N) is 2. The first-order chi connectivity index (χ1) is 15.9. The summed E-state index contributed by atoms with van der Waals surface area (Å²) in [5, 5.41) is 16.9. The van der Waals surface area contributed by atoms with Gasteiger partial charge in [-0.2, -0.15) is 4.98 Å². The normalized spacial score (nSPS) is 16.2. The van der Waals surface area contributed by atoms with E-state index in [1.165, 1.54) is 0 Å². The topological polar surface area (TPSA) is 114 Å². The monoisotopic (exact) mass is 470 g/mol. The van der Waals surface area contributed by atoms with Crippen LogP contribution in [-0.2, 0) is 4.74 Å². The number of amides is 1. The Balaban J connectivity index is 1.51. The standard InChI is InChI=1S/C23H27ClN6O3/c1-14-11-25-23(27-18-6-8-33-9-7-18)29-21(14)30-12-19(26-13-30)22(32)28-20(15(2)31)16-4-3-5-17(24)10-16/h3-5,10-13,15,18,20,31H,6-9H2,1-2H3,(H,28,32)(H,25,27,29). The summed E-state index contributed by atoms with van der Waals surface area (Å²) >= 11 is 6.07. The smallest absolute Gasteiger partial charge is 0.272 e. The molecule has 1 aromatic carbocycles. The van der Waals surface area contributed by atoms with Crippen LogP contribution in [0.2, 0.25) is 5.02 Å². The zero-order valence-electron chi connectivity index (χ0n) is 18.5. The summed E-state index contributed by atoms with van der Waals surface area (Å²) in [6.45, 7) is 4.95. The molecule has 1 aliphatic rings. The number of nitrogens with zero attached hydrogens (tertiary/aromatic N) is 4. The molecule has 174 valence electrons. The predicted octanol–water partition coefficient (Wildman–Crippen LogP) is 3.07. The van der Waals surface area contributed by atoms with Crippen LogP contribution < -0.4 is 10.6 Å². The minimum Gasteiger partial charge on any atom is -0.391 e. The number of hydrogen-bond acceptors (Lipinski definition) is 7. The number of carbonyl (C=O) groups is 1. The van der Waals surface area contributed by atoms with E-state index >= 15 is 0 Å². The maximum atomic E-state index is 12.9. The van der Waals surface area contributed by atoms with Gasteiger partial charge in [-0.15, -0.1) is 0 Å². The number of aliphatic hydroxyl groups is 1. The summed E-state index contributed by atoms with van der Waals surface area (Å²) in [5.74, 6) is 0.747. The maximum Gasteiger partial charge on any atom is 0.272 e. The van der Waals surface area contributed by atoms with E-state index in [1.807, 2.05) is 6.92 Å². The van der Waals surface area contributed by atoms with Gasteiger partial charge in [-0.25, -0.2) is 9.97 Å². The van der Waals surface area contributed by atoms with E-state index < -0.39 is 18.1 Å². The summed E-state index contributed by atoms with van der Waals surface area (Å²) in [7, 11) is 0. The van der Waals surface area contributed by atoms with Gasteiger partial charge in [-0.3, -0.25) is 9.36 Å². The third-order valence-electron chi connectivity index (χ3n) is 5.54. The molecule has 0 bridgehead atoms. The molecule has 2 aromatic heterocycles. The minimum atomic E-state index is -0.822. The Hall–Kier alpha value is -3.01. The van der Waals surface area contributed by atoms with Crippen molar-refractivity contribution in [2.45, 2.75) is 44.9 Å².